The number of rotatable bonds is 5. The Morgan fingerprint density at radius 1 is 1.17 bits per heavy atom. The molecule has 0 spiro atoms. The summed E-state index contributed by atoms with van der Waals surface area (Å²) in [7, 11) is 0. The number of aromatic nitrogens is 4. The summed E-state index contributed by atoms with van der Waals surface area (Å²) < 4.78 is 17.8. The Morgan fingerprint density at radius 2 is 1.92 bits per heavy atom. The molecule has 1 aromatic carbocycles. The second-order valence-electron chi connectivity index (χ2n) is 9.08. The number of hydrogen-bond acceptors (Lipinski definition) is 9. The van der Waals surface area contributed by atoms with Crippen LogP contribution in [0.2, 0.25) is 0 Å². The van der Waals surface area contributed by atoms with E-state index in [-0.39, 0.29) is 35.1 Å². The number of benzene rings is 1. The zero-order valence-corrected chi connectivity index (χ0v) is 20.9. The lowest BCUT2D eigenvalue weighted by Gasteiger charge is -2.20. The molecule has 3 heterocycles. The first-order valence-corrected chi connectivity index (χ1v) is 11.3. The SMILES string of the molecule is CCOc1nc2c(C(=O)c3cccc(C#N)n3)cc(-c3c(C)noc3C)cc2n1C(=O)OC(C)(C)C. The predicted octanol–water partition coefficient (Wildman–Crippen LogP) is 4.99. The molecule has 4 rings (SSSR count). The van der Waals surface area contributed by atoms with E-state index in [1.165, 1.54) is 16.7 Å². The van der Waals surface area contributed by atoms with Crippen LogP contribution in [0.3, 0.4) is 0 Å². The first-order chi connectivity index (χ1) is 17.0. The van der Waals surface area contributed by atoms with Gasteiger partial charge in [0, 0.05) is 5.56 Å². The number of nitrogens with zero attached hydrogens (tertiary/aromatic N) is 5. The van der Waals surface area contributed by atoms with Crippen molar-refractivity contribution in [3.05, 3.63) is 58.7 Å². The lowest BCUT2D eigenvalue weighted by molar-refractivity contribution is 0.0527. The number of imidazole rings is 1. The topological polar surface area (TPSA) is 133 Å². The number of hydrogen-bond donors (Lipinski definition) is 0. The molecule has 0 aliphatic heterocycles. The maximum Gasteiger partial charge on any atom is 0.423 e. The van der Waals surface area contributed by atoms with Crippen LogP contribution in [-0.4, -0.2) is 43.8 Å². The van der Waals surface area contributed by atoms with Crippen molar-refractivity contribution in [3.63, 3.8) is 0 Å². The highest BCUT2D eigenvalue weighted by molar-refractivity contribution is 6.16. The molecule has 0 aliphatic rings. The molecule has 0 fully saturated rings. The lowest BCUT2D eigenvalue weighted by Crippen LogP contribution is -2.27. The molecule has 3 aromatic heterocycles. The standard InChI is InChI=1S/C26H25N5O5/c1-7-34-24-29-22-18(23(32)19-10-8-9-17(13-27)28-19)11-16(21-14(2)30-36-15(21)3)12-20(22)31(24)25(33)35-26(4,5)6/h8-12H,7H2,1-6H3. The molecule has 0 radical (unpaired) electrons. The third-order valence-electron chi connectivity index (χ3n) is 5.24. The maximum atomic E-state index is 13.7. The smallest absolute Gasteiger partial charge is 0.423 e. The average molecular weight is 488 g/mol. The first-order valence-electron chi connectivity index (χ1n) is 11.3. The number of nitriles is 1. The number of ketones is 1. The zero-order chi connectivity index (χ0) is 26.2. The van der Waals surface area contributed by atoms with E-state index in [4.69, 9.17) is 14.0 Å². The van der Waals surface area contributed by atoms with E-state index in [1.807, 2.05) is 6.07 Å². The van der Waals surface area contributed by atoms with Gasteiger partial charge in [-0.1, -0.05) is 11.2 Å². The molecular formula is C26H25N5O5. The van der Waals surface area contributed by atoms with Gasteiger partial charge in [0.2, 0.25) is 5.78 Å². The minimum Gasteiger partial charge on any atom is -0.465 e. The van der Waals surface area contributed by atoms with Crippen molar-refractivity contribution < 1.29 is 23.6 Å². The van der Waals surface area contributed by atoms with Gasteiger partial charge in [0.15, 0.2) is 0 Å². The van der Waals surface area contributed by atoms with Crippen LogP contribution < -0.4 is 4.74 Å². The van der Waals surface area contributed by atoms with Gasteiger partial charge in [0.05, 0.1) is 23.4 Å². The molecule has 36 heavy (non-hydrogen) atoms. The summed E-state index contributed by atoms with van der Waals surface area (Å²) in [5.41, 5.74) is 1.99. The highest BCUT2D eigenvalue weighted by atomic mass is 16.6. The summed E-state index contributed by atoms with van der Waals surface area (Å²) in [6, 6.07) is 9.92. The zero-order valence-electron chi connectivity index (χ0n) is 20.9. The molecular weight excluding hydrogens is 462 g/mol. The Labute approximate surface area is 207 Å². The fourth-order valence-corrected chi connectivity index (χ4v) is 3.84. The maximum absolute atomic E-state index is 13.7. The number of fused-ring (bicyclic) bond motifs is 1. The number of ether oxygens (including phenoxy) is 2. The second kappa shape index (κ2) is 9.26. The van der Waals surface area contributed by atoms with Gasteiger partial charge in [-0.15, -0.1) is 0 Å². The second-order valence-corrected chi connectivity index (χ2v) is 9.08. The quantitative estimate of drug-likeness (QED) is 0.357. The molecule has 10 nitrogen and oxygen atoms in total. The fourth-order valence-electron chi connectivity index (χ4n) is 3.84. The number of carbonyl (C=O) groups excluding carboxylic acids is 2. The van der Waals surface area contributed by atoms with E-state index >= 15 is 0 Å². The Bertz CT molecular complexity index is 1520. The van der Waals surface area contributed by atoms with Crippen LogP contribution in [0.1, 0.15) is 60.9 Å². The van der Waals surface area contributed by atoms with Crippen LogP contribution in [0.5, 0.6) is 6.01 Å². The van der Waals surface area contributed by atoms with Crippen molar-refractivity contribution in [2.45, 2.75) is 47.1 Å². The summed E-state index contributed by atoms with van der Waals surface area (Å²) >= 11 is 0. The van der Waals surface area contributed by atoms with Crippen molar-refractivity contribution in [1.82, 2.24) is 19.7 Å². The van der Waals surface area contributed by atoms with Gasteiger partial charge in [-0.25, -0.2) is 9.78 Å². The summed E-state index contributed by atoms with van der Waals surface area (Å²) in [6.07, 6.45) is -0.702. The van der Waals surface area contributed by atoms with Crippen molar-refractivity contribution in [2.24, 2.45) is 0 Å². The molecule has 0 N–H and O–H groups in total. The largest absolute Gasteiger partial charge is 0.465 e. The molecule has 0 unspecified atom stereocenters. The summed E-state index contributed by atoms with van der Waals surface area (Å²) in [6.45, 7) is 10.8. The first kappa shape index (κ1) is 24.6. The summed E-state index contributed by atoms with van der Waals surface area (Å²) in [5, 5.41) is 13.3. The number of pyridine rings is 1. The normalized spacial score (nSPS) is 11.4. The van der Waals surface area contributed by atoms with E-state index in [2.05, 4.69) is 15.1 Å². The Kier molecular flexibility index (Phi) is 6.33. The van der Waals surface area contributed by atoms with E-state index in [0.717, 1.165) is 0 Å². The monoisotopic (exact) mass is 487 g/mol. The third-order valence-corrected chi connectivity index (χ3v) is 5.24. The van der Waals surface area contributed by atoms with Gasteiger partial charge in [0.1, 0.15) is 34.3 Å². The molecule has 0 saturated heterocycles. The van der Waals surface area contributed by atoms with Gasteiger partial charge < -0.3 is 14.0 Å². The average Bonchev–Trinajstić information content (AvgIpc) is 3.35. The van der Waals surface area contributed by atoms with E-state index < -0.39 is 17.5 Å². The predicted molar refractivity (Wildman–Crippen MR) is 130 cm³/mol. The van der Waals surface area contributed by atoms with Crippen LogP contribution in [0, 0.1) is 25.2 Å². The van der Waals surface area contributed by atoms with Crippen LogP contribution in [0.4, 0.5) is 4.79 Å². The van der Waals surface area contributed by atoms with Crippen LogP contribution in [-0.2, 0) is 4.74 Å². The molecule has 0 bridgehead atoms. The van der Waals surface area contributed by atoms with Crippen LogP contribution in [0.25, 0.3) is 22.2 Å². The Morgan fingerprint density at radius 3 is 2.53 bits per heavy atom. The molecule has 10 heteroatoms. The van der Waals surface area contributed by atoms with Crippen LogP contribution >= 0.6 is 0 Å². The minimum atomic E-state index is -0.781. The van der Waals surface area contributed by atoms with Gasteiger partial charge in [-0.05, 0) is 71.4 Å². The molecule has 0 amide bonds. The summed E-state index contributed by atoms with van der Waals surface area (Å²) in [4.78, 5) is 35.6. The molecule has 0 saturated carbocycles. The molecule has 184 valence electrons. The fraction of sp³-hybridized carbons (Fsp3) is 0.308. The van der Waals surface area contributed by atoms with Gasteiger partial charge in [0.25, 0.3) is 0 Å². The minimum absolute atomic E-state index is 0.00885. The van der Waals surface area contributed by atoms with Gasteiger partial charge >= 0.3 is 12.1 Å². The van der Waals surface area contributed by atoms with Crippen LogP contribution in [0.15, 0.2) is 34.9 Å². The Balaban J connectivity index is 2.05. The highest BCUT2D eigenvalue weighted by Crippen LogP contribution is 2.35. The van der Waals surface area contributed by atoms with Gasteiger partial charge in [-0.2, -0.15) is 14.8 Å². The number of carbonyl (C=O) groups is 2. The van der Waals surface area contributed by atoms with E-state index in [9.17, 15) is 14.9 Å². The number of aryl methyl sites for hydroxylation is 2. The molecule has 4 aromatic rings. The van der Waals surface area contributed by atoms with E-state index in [1.54, 1.807) is 59.7 Å². The van der Waals surface area contributed by atoms with E-state index in [0.29, 0.717) is 28.1 Å². The molecule has 0 atom stereocenters. The van der Waals surface area contributed by atoms with Crippen molar-refractivity contribution in [2.75, 3.05) is 6.61 Å². The van der Waals surface area contributed by atoms with Crippen molar-refractivity contribution in [3.8, 4) is 23.2 Å². The highest BCUT2D eigenvalue weighted by Gasteiger charge is 2.28. The third kappa shape index (κ3) is 4.55. The lowest BCUT2D eigenvalue weighted by atomic mass is 9.97. The molecule has 0 aliphatic carbocycles. The van der Waals surface area contributed by atoms with Crippen molar-refractivity contribution in [1.29, 1.82) is 5.26 Å². The summed E-state index contributed by atoms with van der Waals surface area (Å²) in [5.74, 6) is 0.0748. The van der Waals surface area contributed by atoms with Gasteiger partial charge in [-0.3, -0.25) is 4.79 Å². The Hall–Kier alpha value is -4.52. The van der Waals surface area contributed by atoms with Crippen molar-refractivity contribution >= 4 is 22.9 Å².